The number of carbonyl (C=O) groups is 2. The maximum atomic E-state index is 12.5. The number of nitrogens with zero attached hydrogens (tertiary/aromatic N) is 1. The smallest absolute Gasteiger partial charge is 0.251 e. The number of nitrogens with one attached hydrogen (secondary N) is 1. The summed E-state index contributed by atoms with van der Waals surface area (Å²) in [5, 5.41) is 3.53. The molecule has 160 valence electrons. The Balaban J connectivity index is 1.33. The molecule has 0 saturated heterocycles. The van der Waals surface area contributed by atoms with E-state index in [0.29, 0.717) is 43.3 Å². The van der Waals surface area contributed by atoms with E-state index in [4.69, 9.17) is 15.2 Å². The zero-order valence-corrected chi connectivity index (χ0v) is 18.0. The van der Waals surface area contributed by atoms with Crippen molar-refractivity contribution in [3.05, 3.63) is 39.8 Å². The van der Waals surface area contributed by atoms with Crippen LogP contribution in [0, 0.1) is 0 Å². The highest BCUT2D eigenvalue weighted by Gasteiger charge is 2.25. The predicted octanol–water partition coefficient (Wildman–Crippen LogP) is 2.96. The van der Waals surface area contributed by atoms with Crippen LogP contribution in [0.15, 0.2) is 18.2 Å². The Hall–Kier alpha value is -2.58. The minimum absolute atomic E-state index is 0.106. The molecule has 3 N–H and O–H groups in total. The lowest BCUT2D eigenvalue weighted by molar-refractivity contribution is -0.116. The van der Waals surface area contributed by atoms with Gasteiger partial charge >= 0.3 is 0 Å². The number of aryl methyl sites for hydroxylation is 1. The summed E-state index contributed by atoms with van der Waals surface area (Å²) >= 11 is 1.50. The van der Waals surface area contributed by atoms with Gasteiger partial charge in [0.2, 0.25) is 5.91 Å². The van der Waals surface area contributed by atoms with Crippen molar-refractivity contribution in [2.45, 2.75) is 38.6 Å². The third kappa shape index (κ3) is 4.60. The lowest BCUT2D eigenvalue weighted by Gasteiger charge is -2.21. The molecule has 1 aliphatic carbocycles. The molecule has 2 aromatic rings. The maximum absolute atomic E-state index is 12.5. The normalized spacial score (nSPS) is 15.0. The van der Waals surface area contributed by atoms with Crippen LogP contribution in [0.25, 0.3) is 0 Å². The van der Waals surface area contributed by atoms with Crippen molar-refractivity contribution in [3.63, 3.8) is 0 Å². The van der Waals surface area contributed by atoms with Crippen LogP contribution in [-0.2, 0) is 24.2 Å². The first-order valence-electron chi connectivity index (χ1n) is 10.3. The fourth-order valence-electron chi connectivity index (χ4n) is 3.97. The molecule has 2 aliphatic rings. The third-order valence-corrected chi connectivity index (χ3v) is 6.66. The van der Waals surface area contributed by atoms with Gasteiger partial charge < -0.3 is 25.4 Å². The molecular weight excluding hydrogens is 402 g/mol. The Morgan fingerprint density at radius 3 is 2.73 bits per heavy atom. The van der Waals surface area contributed by atoms with Gasteiger partial charge in [0.25, 0.3) is 5.91 Å². The molecule has 1 aromatic heterocycles. The van der Waals surface area contributed by atoms with Gasteiger partial charge in [0, 0.05) is 24.4 Å². The van der Waals surface area contributed by atoms with Crippen LogP contribution < -0.4 is 20.5 Å². The Morgan fingerprint density at radius 1 is 1.17 bits per heavy atom. The average Bonchev–Trinajstić information content (AvgIpc) is 3.10. The van der Waals surface area contributed by atoms with Gasteiger partial charge in [0.15, 0.2) is 11.5 Å². The van der Waals surface area contributed by atoms with Crippen molar-refractivity contribution in [1.82, 2.24) is 4.90 Å². The average molecular weight is 430 g/mol. The minimum atomic E-state index is -0.458. The monoisotopic (exact) mass is 429 g/mol. The number of rotatable bonds is 7. The van der Waals surface area contributed by atoms with Crippen LogP contribution in [0.1, 0.15) is 45.6 Å². The number of benzene rings is 1. The number of hydrogen-bond donors (Lipinski definition) is 2. The van der Waals surface area contributed by atoms with Gasteiger partial charge in [0.05, 0.1) is 5.56 Å². The van der Waals surface area contributed by atoms with E-state index in [-0.39, 0.29) is 5.91 Å². The summed E-state index contributed by atoms with van der Waals surface area (Å²) in [6, 6.07) is 5.92. The largest absolute Gasteiger partial charge is 0.486 e. The summed E-state index contributed by atoms with van der Waals surface area (Å²) in [6.07, 6.45) is 4.32. The second-order valence-electron chi connectivity index (χ2n) is 7.79. The highest BCUT2D eigenvalue weighted by atomic mass is 32.1. The number of anilines is 1. The van der Waals surface area contributed by atoms with Gasteiger partial charge in [-0.3, -0.25) is 9.59 Å². The first-order valence-corrected chi connectivity index (χ1v) is 11.1. The second-order valence-corrected chi connectivity index (χ2v) is 8.90. The second kappa shape index (κ2) is 9.06. The van der Waals surface area contributed by atoms with Gasteiger partial charge in [-0.05, 0) is 56.0 Å². The zero-order chi connectivity index (χ0) is 21.1. The predicted molar refractivity (Wildman–Crippen MR) is 116 cm³/mol. The number of primary amides is 1. The Labute approximate surface area is 180 Å². The number of fused-ring (bicyclic) bond motifs is 2. The number of carbonyl (C=O) groups excluding carboxylic acids is 2. The van der Waals surface area contributed by atoms with Crippen molar-refractivity contribution in [1.29, 1.82) is 0 Å². The molecule has 0 radical (unpaired) electrons. The summed E-state index contributed by atoms with van der Waals surface area (Å²) in [5.74, 6) is 0.979. The van der Waals surface area contributed by atoms with Gasteiger partial charge in [-0.2, -0.15) is 0 Å². The Kier molecular flexibility index (Phi) is 6.24. The van der Waals surface area contributed by atoms with E-state index >= 15 is 0 Å². The van der Waals surface area contributed by atoms with E-state index in [1.54, 1.807) is 0 Å². The number of nitrogens with two attached hydrogens (primary N) is 1. The molecule has 8 heteroatoms. The molecule has 0 bridgehead atoms. The van der Waals surface area contributed by atoms with Crippen LogP contribution in [0.4, 0.5) is 5.00 Å². The van der Waals surface area contributed by atoms with E-state index in [1.165, 1.54) is 16.2 Å². The molecule has 0 unspecified atom stereocenters. The topological polar surface area (TPSA) is 93.9 Å². The van der Waals surface area contributed by atoms with Gasteiger partial charge in [0.1, 0.15) is 18.2 Å². The number of ether oxygens (including phenoxy) is 2. The van der Waals surface area contributed by atoms with E-state index in [9.17, 15) is 9.59 Å². The van der Waals surface area contributed by atoms with Crippen molar-refractivity contribution < 1.29 is 19.1 Å². The number of amides is 2. The first kappa shape index (κ1) is 20.7. The van der Waals surface area contributed by atoms with E-state index in [2.05, 4.69) is 10.2 Å². The molecule has 30 heavy (non-hydrogen) atoms. The molecule has 0 saturated carbocycles. The first-order chi connectivity index (χ1) is 14.5. The standard InChI is InChI=1S/C22H27N3O4S/c1-25(13-14-6-7-16-17(12-14)29-11-10-28-16)9-8-19(26)24-22-20(21(23)27)15-4-2-3-5-18(15)30-22/h6-7,12H,2-5,8-11,13H2,1H3,(H2,23,27)(H,24,26). The highest BCUT2D eigenvalue weighted by molar-refractivity contribution is 7.17. The summed E-state index contributed by atoms with van der Waals surface area (Å²) < 4.78 is 11.2. The summed E-state index contributed by atoms with van der Waals surface area (Å²) in [5.41, 5.74) is 8.24. The molecule has 1 aromatic carbocycles. The molecule has 7 nitrogen and oxygen atoms in total. The molecule has 0 fully saturated rings. The van der Waals surface area contributed by atoms with E-state index < -0.39 is 5.91 Å². The lowest BCUT2D eigenvalue weighted by Crippen LogP contribution is -2.25. The molecular formula is C22H27N3O4S. The number of thiophene rings is 1. The van der Waals surface area contributed by atoms with Crippen molar-refractivity contribution in [3.8, 4) is 11.5 Å². The van der Waals surface area contributed by atoms with E-state index in [0.717, 1.165) is 48.3 Å². The minimum Gasteiger partial charge on any atom is -0.486 e. The lowest BCUT2D eigenvalue weighted by atomic mass is 9.95. The molecule has 4 rings (SSSR count). The van der Waals surface area contributed by atoms with Crippen LogP contribution >= 0.6 is 11.3 Å². The fourth-order valence-corrected chi connectivity index (χ4v) is 5.28. The van der Waals surface area contributed by atoms with Crippen molar-refractivity contribution in [2.24, 2.45) is 5.73 Å². The highest BCUT2D eigenvalue weighted by Crippen LogP contribution is 2.38. The third-order valence-electron chi connectivity index (χ3n) is 5.45. The summed E-state index contributed by atoms with van der Waals surface area (Å²) in [7, 11) is 1.97. The van der Waals surface area contributed by atoms with Crippen LogP contribution in [0.5, 0.6) is 11.5 Å². The SMILES string of the molecule is CN(CCC(=O)Nc1sc2c(c1C(N)=O)CCCC2)Cc1ccc2c(c1)OCCO2. The quantitative estimate of drug-likeness (QED) is 0.706. The van der Waals surface area contributed by atoms with Gasteiger partial charge in [-0.25, -0.2) is 0 Å². The Morgan fingerprint density at radius 2 is 1.93 bits per heavy atom. The molecule has 0 atom stereocenters. The molecule has 0 spiro atoms. The number of hydrogen-bond acceptors (Lipinski definition) is 6. The van der Waals surface area contributed by atoms with Crippen molar-refractivity contribution >= 4 is 28.2 Å². The summed E-state index contributed by atoms with van der Waals surface area (Å²) in [6.45, 7) is 2.43. The molecule has 2 amide bonds. The summed E-state index contributed by atoms with van der Waals surface area (Å²) in [4.78, 5) is 27.8. The van der Waals surface area contributed by atoms with Crippen LogP contribution in [0.3, 0.4) is 0 Å². The molecule has 1 aliphatic heterocycles. The van der Waals surface area contributed by atoms with E-state index in [1.807, 2.05) is 25.2 Å². The van der Waals surface area contributed by atoms with Gasteiger partial charge in [-0.15, -0.1) is 11.3 Å². The van der Waals surface area contributed by atoms with Crippen LogP contribution in [0.2, 0.25) is 0 Å². The maximum Gasteiger partial charge on any atom is 0.251 e. The van der Waals surface area contributed by atoms with Gasteiger partial charge in [-0.1, -0.05) is 6.07 Å². The molecule has 2 heterocycles. The fraction of sp³-hybridized carbons (Fsp3) is 0.455. The van der Waals surface area contributed by atoms with Crippen LogP contribution in [-0.4, -0.2) is 43.5 Å². The van der Waals surface area contributed by atoms with Crippen molar-refractivity contribution in [2.75, 3.05) is 32.1 Å². The zero-order valence-electron chi connectivity index (χ0n) is 17.2. The Bertz CT molecular complexity index is 956.